The first-order chi connectivity index (χ1) is 33.6. The molecule has 1 saturated carbocycles. The third-order valence-electron chi connectivity index (χ3n) is 13.4. The van der Waals surface area contributed by atoms with Gasteiger partial charge in [0.05, 0.1) is 43.9 Å². The number of nitrogens with one attached hydrogen (secondary N) is 3. The first-order valence-corrected chi connectivity index (χ1v) is 24.4. The molecule has 71 heavy (non-hydrogen) atoms. The van der Waals surface area contributed by atoms with Gasteiger partial charge in [0.25, 0.3) is 0 Å². The van der Waals surface area contributed by atoms with E-state index in [0.29, 0.717) is 47.1 Å². The van der Waals surface area contributed by atoms with Crippen LogP contribution in [0.4, 0.5) is 27.2 Å². The summed E-state index contributed by atoms with van der Waals surface area (Å²) < 4.78 is 73.0. The fourth-order valence-corrected chi connectivity index (χ4v) is 9.23. The van der Waals surface area contributed by atoms with E-state index in [4.69, 9.17) is 4.98 Å². The quantitative estimate of drug-likeness (QED) is 0.0796. The molecule has 8 rings (SSSR count). The van der Waals surface area contributed by atoms with Gasteiger partial charge in [-0.2, -0.15) is 17.6 Å². The fourth-order valence-electron chi connectivity index (χ4n) is 9.23. The van der Waals surface area contributed by atoms with Crippen molar-refractivity contribution in [1.29, 1.82) is 0 Å². The molecule has 1 aromatic heterocycles. The number of alkyl carbamates (subject to hydrolysis) is 1. The van der Waals surface area contributed by atoms with Crippen molar-refractivity contribution >= 4 is 41.0 Å². The first-order valence-electron chi connectivity index (χ1n) is 24.4. The minimum atomic E-state index is -4.46. The van der Waals surface area contributed by atoms with Crippen LogP contribution >= 0.6 is 0 Å². The fraction of sp³-hybridized carbons (Fsp3) is 0.500. The monoisotopic (exact) mass is 990 g/mol. The number of fused-ring (bicyclic) bond motifs is 4. The second-order valence-corrected chi connectivity index (χ2v) is 19.3. The second-order valence-electron chi connectivity index (χ2n) is 19.3. The summed E-state index contributed by atoms with van der Waals surface area (Å²) in [7, 11) is 4.53. The summed E-state index contributed by atoms with van der Waals surface area (Å²) in [6.45, 7) is 18.3. The molecule has 1 unspecified atom stereocenters. The number of hydrogen-bond donors (Lipinski definition) is 4. The Labute approximate surface area is 415 Å². The molecule has 5 N–H and O–H groups in total. The molecule has 4 aliphatic rings. The molecule has 3 aromatic carbocycles. The van der Waals surface area contributed by atoms with Gasteiger partial charge in [-0.15, -0.1) is 0 Å². The molecule has 13 nitrogen and oxygen atoms in total. The number of rotatable bonds is 12. The van der Waals surface area contributed by atoms with Gasteiger partial charge in [0.15, 0.2) is 0 Å². The zero-order valence-corrected chi connectivity index (χ0v) is 42.5. The van der Waals surface area contributed by atoms with Crippen LogP contribution in [0.5, 0.6) is 0 Å². The van der Waals surface area contributed by atoms with Crippen LogP contribution in [0, 0.1) is 17.3 Å². The molecule has 2 aliphatic carbocycles. The number of benzene rings is 3. The lowest BCUT2D eigenvalue weighted by atomic mass is 9.78. The maximum absolute atomic E-state index is 16.3. The van der Waals surface area contributed by atoms with Gasteiger partial charge in [-0.3, -0.25) is 9.69 Å². The Balaban J connectivity index is 0.000000510. The number of aldehydes is 1. The molecule has 0 radical (unpaired) electrons. The van der Waals surface area contributed by atoms with Gasteiger partial charge in [-0.05, 0) is 127 Å². The Hall–Kier alpha value is -6.23. The van der Waals surface area contributed by atoms with Crippen LogP contribution in [0.25, 0.3) is 38.9 Å². The summed E-state index contributed by atoms with van der Waals surface area (Å²) in [4.78, 5) is 54.6. The average molecular weight is 990 g/mol. The maximum Gasteiger partial charge on any atom is 0.407 e. The molecular formula is C54H71F4N7O6. The molecule has 2 aliphatic heterocycles. The molecule has 2 saturated heterocycles. The van der Waals surface area contributed by atoms with Crippen molar-refractivity contribution in [3.05, 3.63) is 95.6 Å². The number of carbonyl (C=O) groups excluding carboxylic acids is 4. The molecule has 386 valence electrons. The molecule has 17 heteroatoms. The van der Waals surface area contributed by atoms with Crippen LogP contribution in [0.3, 0.4) is 0 Å². The number of nitrogens with zero attached hydrogens (tertiary/aromatic N) is 3. The molecule has 4 aromatic rings. The SMILES string of the molecule is C=C(N/C=C(/c1ccc2c(c1)C(F)(F)C(F)(F)c1cc(-c3ccc4nc([C@@H]5CCCN5C)[nH]c4c3)ccc1-2)C(C)CC)[C@@H]1CC2(CC2)CN1C(=O)CC(C)C.CCC.COC(=O)NCC=O.COC(N)=O. The van der Waals surface area contributed by atoms with E-state index in [2.05, 4.69) is 63.2 Å². The van der Waals surface area contributed by atoms with E-state index in [1.807, 2.05) is 44.7 Å². The zero-order valence-electron chi connectivity index (χ0n) is 42.5. The summed E-state index contributed by atoms with van der Waals surface area (Å²) in [6.07, 6.45) is 8.55. The van der Waals surface area contributed by atoms with Crippen molar-refractivity contribution in [3.8, 4) is 22.3 Å². The van der Waals surface area contributed by atoms with Gasteiger partial charge >= 0.3 is 24.0 Å². The van der Waals surface area contributed by atoms with Gasteiger partial charge in [0.1, 0.15) is 12.1 Å². The van der Waals surface area contributed by atoms with Crippen LogP contribution in [-0.2, 0) is 30.9 Å². The number of allylic oxidation sites excluding steroid dienone is 1. The molecule has 3 amide bonds. The highest BCUT2D eigenvalue weighted by atomic mass is 19.3. The van der Waals surface area contributed by atoms with Crippen molar-refractivity contribution < 1.29 is 46.2 Å². The summed E-state index contributed by atoms with van der Waals surface area (Å²) >= 11 is 0. The number of aromatic amines is 1. The van der Waals surface area contributed by atoms with Crippen molar-refractivity contribution in [2.45, 2.75) is 117 Å². The van der Waals surface area contributed by atoms with Crippen molar-refractivity contribution in [2.75, 3.05) is 40.9 Å². The maximum atomic E-state index is 16.3. The minimum Gasteiger partial charge on any atom is -0.453 e. The van der Waals surface area contributed by atoms with Crippen LogP contribution < -0.4 is 16.4 Å². The van der Waals surface area contributed by atoms with Gasteiger partial charge in [-0.25, -0.2) is 14.6 Å². The number of likely N-dealkylation sites (tertiary alicyclic amines) is 2. The van der Waals surface area contributed by atoms with Crippen molar-refractivity contribution in [1.82, 2.24) is 30.4 Å². The van der Waals surface area contributed by atoms with E-state index < -0.39 is 35.2 Å². The lowest BCUT2D eigenvalue weighted by molar-refractivity contribution is -0.225. The Morgan fingerprint density at radius 3 is 2.10 bits per heavy atom. The number of imidazole rings is 1. The zero-order chi connectivity index (χ0) is 52.4. The highest BCUT2D eigenvalue weighted by Gasteiger charge is 2.63. The molecule has 3 atom stereocenters. The van der Waals surface area contributed by atoms with E-state index in [9.17, 15) is 19.2 Å². The number of amides is 3. The van der Waals surface area contributed by atoms with E-state index in [1.165, 1.54) is 32.8 Å². The highest BCUT2D eigenvalue weighted by Crippen LogP contribution is 2.59. The van der Waals surface area contributed by atoms with E-state index in [0.717, 1.165) is 62.1 Å². The second kappa shape index (κ2) is 23.8. The van der Waals surface area contributed by atoms with Crippen molar-refractivity contribution in [3.63, 3.8) is 0 Å². The highest BCUT2D eigenvalue weighted by molar-refractivity contribution is 5.85. The lowest BCUT2D eigenvalue weighted by Crippen LogP contribution is -2.39. The number of halogens is 4. The third kappa shape index (κ3) is 12.8. The predicted molar refractivity (Wildman–Crippen MR) is 269 cm³/mol. The summed E-state index contributed by atoms with van der Waals surface area (Å²) in [5, 5.41) is 5.48. The smallest absolute Gasteiger partial charge is 0.407 e. The Morgan fingerprint density at radius 1 is 0.944 bits per heavy atom. The summed E-state index contributed by atoms with van der Waals surface area (Å²) in [5.74, 6) is -7.78. The van der Waals surface area contributed by atoms with E-state index in [1.54, 1.807) is 36.5 Å². The standard InChI is InChI=1S/C45H51F4N5O.C4H7NO3.C3H8.C2H5NO2/c1-7-27(4)34(24-50-28(5)40-23-43(16-17-43)25-54(40)41(55)19-26(2)3)31-11-14-33-32-13-10-29(20-35(32)44(46,47)45(48,49)36(33)21-31)30-12-15-37-38(22-30)52-42(51-37)39-9-8-18-53(39)6;1-8-4(7)5-2-3-6;1-3-2;1-5-2(3)4/h10-15,20-22,24,26-27,39-40,50H,5,7-9,16-19,23,25H2,1-4,6H3,(H,51,52);3H,2H2,1H3,(H,5,7);3H2,1-2H3;1H3,(H2,3,4)/b34-24+;;;/t27?,39-,40-;;;/m0.../s1. The average Bonchev–Trinajstić information content (AvgIpc) is 3.58. The Bertz CT molecular complexity index is 2570. The number of aromatic nitrogens is 2. The van der Waals surface area contributed by atoms with Crippen molar-refractivity contribution in [2.24, 2.45) is 23.0 Å². The van der Waals surface area contributed by atoms with Gasteiger partial charge in [-0.1, -0.05) is 84.9 Å². The van der Waals surface area contributed by atoms with Gasteiger partial charge in [0.2, 0.25) is 5.91 Å². The van der Waals surface area contributed by atoms with E-state index in [-0.39, 0.29) is 52.9 Å². The molecule has 3 heterocycles. The number of ether oxygens (including phenoxy) is 2. The minimum absolute atomic E-state index is 0.00662. The van der Waals surface area contributed by atoms with Crippen LogP contribution in [-0.4, -0.2) is 91.1 Å². The largest absolute Gasteiger partial charge is 0.453 e. The number of hydrogen-bond acceptors (Lipinski definition) is 9. The van der Waals surface area contributed by atoms with Gasteiger partial charge in [0, 0.05) is 36.0 Å². The summed E-state index contributed by atoms with van der Waals surface area (Å²) in [6, 6.07) is 14.5. The summed E-state index contributed by atoms with van der Waals surface area (Å²) in [5.41, 5.74) is 7.83. The molecule has 3 fully saturated rings. The Morgan fingerprint density at radius 2 is 1.55 bits per heavy atom. The topological polar surface area (TPSA) is 172 Å². The first kappa shape index (κ1) is 55.7. The van der Waals surface area contributed by atoms with Crippen LogP contribution in [0.2, 0.25) is 0 Å². The van der Waals surface area contributed by atoms with Gasteiger partial charge < -0.3 is 40.5 Å². The number of nitrogens with two attached hydrogens (primary N) is 1. The van der Waals surface area contributed by atoms with Crippen LogP contribution in [0.1, 0.15) is 121 Å². The predicted octanol–water partition coefficient (Wildman–Crippen LogP) is 11.4. The molecule has 0 bridgehead atoms. The number of alkyl halides is 4. The molecular weight excluding hydrogens is 919 g/mol. The van der Waals surface area contributed by atoms with Crippen LogP contribution in [0.15, 0.2) is 73.1 Å². The normalized spacial score (nSPS) is 19.4. The number of H-pyrrole nitrogens is 1. The Kier molecular flexibility index (Phi) is 18.7. The number of methoxy groups -OCH3 is 2. The lowest BCUT2D eigenvalue weighted by Gasteiger charge is -2.35. The van der Waals surface area contributed by atoms with E-state index >= 15 is 17.6 Å². The molecule has 1 spiro atoms. The number of carbonyl (C=O) groups is 4. The number of primary amides is 1. The third-order valence-corrected chi connectivity index (χ3v) is 13.4.